The quantitative estimate of drug-likeness (QED) is 0.557. The number of amides is 2. The first-order chi connectivity index (χ1) is 15.6. The van der Waals surface area contributed by atoms with Crippen LogP contribution in [0, 0.1) is 0 Å². The summed E-state index contributed by atoms with van der Waals surface area (Å²) in [5.41, 5.74) is 6.42. The summed E-state index contributed by atoms with van der Waals surface area (Å²) in [6.07, 6.45) is 5.63. The van der Waals surface area contributed by atoms with Crippen LogP contribution in [-0.4, -0.2) is 60.1 Å². The number of benzene rings is 1. The number of rotatable bonds is 9. The number of hydrogen-bond donors (Lipinski definition) is 2. The van der Waals surface area contributed by atoms with Gasteiger partial charge in [-0.1, -0.05) is 30.3 Å². The predicted molar refractivity (Wildman–Crippen MR) is 130 cm³/mol. The number of aryl methyl sites for hydroxylation is 1. The largest absolute Gasteiger partial charge is 0.481 e. The molecule has 3 rings (SSSR count). The van der Waals surface area contributed by atoms with Crippen LogP contribution in [0.3, 0.4) is 0 Å². The number of hydrogen-bond acceptors (Lipinski definition) is 5. The maximum atomic E-state index is 13.0. The molecule has 2 aliphatic heterocycles. The molecule has 2 unspecified atom stereocenters. The first-order valence-corrected chi connectivity index (χ1v) is 12.3. The summed E-state index contributed by atoms with van der Waals surface area (Å²) >= 11 is 0. The van der Waals surface area contributed by atoms with Crippen molar-refractivity contribution in [2.24, 2.45) is 5.73 Å². The lowest BCUT2D eigenvalue weighted by Crippen LogP contribution is -2.53. The van der Waals surface area contributed by atoms with Crippen molar-refractivity contribution in [3.05, 3.63) is 35.9 Å². The maximum Gasteiger partial charge on any atom is 0.481 e. The van der Waals surface area contributed by atoms with E-state index in [1.54, 1.807) is 0 Å². The Bertz CT molecular complexity index is 780. The summed E-state index contributed by atoms with van der Waals surface area (Å²) in [5.74, 6) is -0.730. The molecule has 1 aromatic rings. The smallest absolute Gasteiger partial charge is 0.402 e. The van der Waals surface area contributed by atoms with Crippen molar-refractivity contribution in [3.63, 3.8) is 0 Å². The minimum absolute atomic E-state index is 0.0198. The third kappa shape index (κ3) is 6.81. The lowest BCUT2D eigenvalue weighted by Gasteiger charge is -2.32. The number of nitrogens with zero attached hydrogens (tertiary/aromatic N) is 1. The summed E-state index contributed by atoms with van der Waals surface area (Å²) in [6.45, 7) is 9.50. The maximum absolute atomic E-state index is 13.0. The first kappa shape index (κ1) is 25.7. The second-order valence-corrected chi connectivity index (χ2v) is 10.4. The molecule has 0 bridgehead atoms. The number of likely N-dealkylation sites (tertiary alicyclic amines) is 1. The van der Waals surface area contributed by atoms with Crippen molar-refractivity contribution in [2.75, 3.05) is 13.1 Å². The summed E-state index contributed by atoms with van der Waals surface area (Å²) in [5, 5.41) is 3.04. The molecular weight excluding hydrogens is 417 g/mol. The predicted octanol–water partition coefficient (Wildman–Crippen LogP) is 2.86. The topological polar surface area (TPSA) is 93.9 Å². The normalized spacial score (nSPS) is 21.5. The van der Waals surface area contributed by atoms with Gasteiger partial charge in [0.05, 0.1) is 29.6 Å². The van der Waals surface area contributed by atoms with E-state index < -0.39 is 24.4 Å². The zero-order valence-electron chi connectivity index (χ0n) is 20.6. The third-order valence-corrected chi connectivity index (χ3v) is 7.19. The Morgan fingerprint density at radius 3 is 2.27 bits per heavy atom. The fourth-order valence-corrected chi connectivity index (χ4v) is 4.34. The van der Waals surface area contributed by atoms with Crippen LogP contribution in [0.15, 0.2) is 30.3 Å². The van der Waals surface area contributed by atoms with Gasteiger partial charge in [-0.15, -0.1) is 0 Å². The lowest BCUT2D eigenvalue weighted by molar-refractivity contribution is -0.135. The molecule has 0 spiro atoms. The van der Waals surface area contributed by atoms with Gasteiger partial charge in [0.25, 0.3) is 0 Å². The van der Waals surface area contributed by atoms with Crippen LogP contribution in [-0.2, 0) is 25.3 Å². The van der Waals surface area contributed by atoms with E-state index in [2.05, 4.69) is 17.4 Å². The molecule has 2 saturated heterocycles. The Hall–Kier alpha value is -1.90. The van der Waals surface area contributed by atoms with E-state index in [1.165, 1.54) is 5.56 Å². The number of carbonyl (C=O) groups excluding carboxylic acids is 2. The van der Waals surface area contributed by atoms with Crippen molar-refractivity contribution < 1.29 is 18.9 Å². The van der Waals surface area contributed by atoms with E-state index in [-0.39, 0.29) is 24.2 Å². The average Bonchev–Trinajstić information content (AvgIpc) is 3.01. The van der Waals surface area contributed by atoms with E-state index in [9.17, 15) is 9.59 Å². The summed E-state index contributed by atoms with van der Waals surface area (Å²) in [7, 11) is -0.570. The molecule has 2 aliphatic rings. The molecule has 3 N–H and O–H groups in total. The molecule has 182 valence electrons. The number of carbonyl (C=O) groups is 2. The molecule has 2 fully saturated rings. The Kier molecular flexibility index (Phi) is 8.59. The zero-order valence-corrected chi connectivity index (χ0v) is 20.6. The van der Waals surface area contributed by atoms with Crippen molar-refractivity contribution in [1.82, 2.24) is 10.2 Å². The average molecular weight is 457 g/mol. The van der Waals surface area contributed by atoms with Gasteiger partial charge in [0.1, 0.15) is 0 Å². The third-order valence-electron chi connectivity index (χ3n) is 7.19. The van der Waals surface area contributed by atoms with Gasteiger partial charge in [-0.3, -0.25) is 9.59 Å². The molecule has 33 heavy (non-hydrogen) atoms. The highest BCUT2D eigenvalue weighted by atomic mass is 16.7. The molecular formula is C25H40BN3O4. The van der Waals surface area contributed by atoms with Gasteiger partial charge in [0.15, 0.2) is 0 Å². The first-order valence-electron chi connectivity index (χ1n) is 12.3. The highest BCUT2D eigenvalue weighted by Crippen LogP contribution is 2.38. The molecule has 2 atom stereocenters. The molecule has 7 nitrogen and oxygen atoms in total. The molecule has 2 heterocycles. The van der Waals surface area contributed by atoms with Crippen molar-refractivity contribution in [1.29, 1.82) is 0 Å². The second-order valence-electron chi connectivity index (χ2n) is 10.4. The van der Waals surface area contributed by atoms with Crippen LogP contribution in [0.2, 0.25) is 0 Å². The van der Waals surface area contributed by atoms with Gasteiger partial charge in [0, 0.05) is 13.1 Å². The van der Waals surface area contributed by atoms with E-state index in [0.29, 0.717) is 6.42 Å². The summed E-state index contributed by atoms with van der Waals surface area (Å²) < 4.78 is 12.5. The summed E-state index contributed by atoms with van der Waals surface area (Å²) in [6, 6.07) is 9.37. The fourth-order valence-electron chi connectivity index (χ4n) is 4.34. The van der Waals surface area contributed by atoms with Gasteiger partial charge in [0.2, 0.25) is 11.8 Å². The minimum atomic E-state index is -0.890. The van der Waals surface area contributed by atoms with Crippen LogP contribution in [0.25, 0.3) is 0 Å². The van der Waals surface area contributed by atoms with Gasteiger partial charge in [-0.05, 0) is 71.8 Å². The Morgan fingerprint density at radius 1 is 1.06 bits per heavy atom. The summed E-state index contributed by atoms with van der Waals surface area (Å²) in [4.78, 5) is 27.4. The molecule has 0 saturated carbocycles. The van der Waals surface area contributed by atoms with Crippen molar-refractivity contribution >= 4 is 18.9 Å². The van der Waals surface area contributed by atoms with Gasteiger partial charge >= 0.3 is 7.12 Å². The monoisotopic (exact) mass is 457 g/mol. The lowest BCUT2D eigenvalue weighted by atomic mass is 9.75. The van der Waals surface area contributed by atoms with Crippen LogP contribution < -0.4 is 11.1 Å². The van der Waals surface area contributed by atoms with E-state index in [4.69, 9.17) is 15.0 Å². The van der Waals surface area contributed by atoms with Gasteiger partial charge in [-0.2, -0.15) is 0 Å². The highest BCUT2D eigenvalue weighted by Gasteiger charge is 2.54. The number of nitrogens with one attached hydrogen (secondary N) is 1. The number of piperidine rings is 1. The number of nitrogens with two attached hydrogens (primary N) is 1. The highest BCUT2D eigenvalue weighted by molar-refractivity contribution is 6.48. The second kappa shape index (κ2) is 11.0. The SMILES string of the molecule is CC1(C)OB(C(CCCc2ccccc2)NC(=O)C(N)CC(=O)N2CCCCC2)OC1(C)C. The van der Waals surface area contributed by atoms with Gasteiger partial charge < -0.3 is 25.3 Å². The standard InChI is InChI=1S/C25H40BN3O4/c1-24(2)25(3,4)33-26(32-24)21(15-11-14-19-12-7-5-8-13-19)28-23(31)20(27)18-22(30)29-16-9-6-10-17-29/h5,7-8,12-13,20-21H,6,9-11,14-18,27H2,1-4H3,(H,28,31). The van der Waals surface area contributed by atoms with E-state index >= 15 is 0 Å². The molecule has 2 amide bonds. The molecule has 1 aromatic carbocycles. The Labute approximate surface area is 198 Å². The van der Waals surface area contributed by atoms with Crippen LogP contribution >= 0.6 is 0 Å². The van der Waals surface area contributed by atoms with Crippen molar-refractivity contribution in [2.45, 2.75) is 95.8 Å². The Balaban J connectivity index is 1.61. The molecule has 0 aromatic heterocycles. The Morgan fingerprint density at radius 2 is 1.67 bits per heavy atom. The van der Waals surface area contributed by atoms with Crippen LogP contribution in [0.5, 0.6) is 0 Å². The van der Waals surface area contributed by atoms with E-state index in [1.807, 2.05) is 50.8 Å². The minimum Gasteiger partial charge on any atom is -0.402 e. The molecule has 8 heteroatoms. The fraction of sp³-hybridized carbons (Fsp3) is 0.680. The van der Waals surface area contributed by atoms with Gasteiger partial charge in [-0.25, -0.2) is 0 Å². The van der Waals surface area contributed by atoms with Crippen LogP contribution in [0.1, 0.15) is 71.8 Å². The van der Waals surface area contributed by atoms with E-state index in [0.717, 1.165) is 45.2 Å². The van der Waals surface area contributed by atoms with Crippen molar-refractivity contribution in [3.8, 4) is 0 Å². The van der Waals surface area contributed by atoms with Crippen LogP contribution in [0.4, 0.5) is 0 Å². The molecule has 0 radical (unpaired) electrons. The molecule has 0 aliphatic carbocycles. The zero-order chi connectivity index (χ0) is 24.1.